The second-order valence-corrected chi connectivity index (χ2v) is 10.6. The van der Waals surface area contributed by atoms with Gasteiger partial charge in [0.2, 0.25) is 5.56 Å². The highest BCUT2D eigenvalue weighted by molar-refractivity contribution is 8.05. The van der Waals surface area contributed by atoms with Crippen LogP contribution in [0.3, 0.4) is 0 Å². The van der Waals surface area contributed by atoms with E-state index in [0.717, 1.165) is 35.7 Å². The van der Waals surface area contributed by atoms with Gasteiger partial charge < -0.3 is 25.7 Å². The molecule has 8 heteroatoms. The molecule has 3 aromatic rings. The molecule has 0 spiro atoms. The van der Waals surface area contributed by atoms with E-state index >= 15 is 0 Å². The number of fused-ring (bicyclic) bond motifs is 2. The lowest BCUT2D eigenvalue weighted by Gasteiger charge is -2.29. The van der Waals surface area contributed by atoms with Crippen molar-refractivity contribution in [3.05, 3.63) is 58.9 Å². The van der Waals surface area contributed by atoms with Crippen LogP contribution in [-0.4, -0.2) is 43.4 Å². The van der Waals surface area contributed by atoms with Crippen LogP contribution in [0.5, 0.6) is 0 Å². The van der Waals surface area contributed by atoms with Gasteiger partial charge in [-0.25, -0.2) is 0 Å². The number of hydrogen-bond acceptors (Lipinski definition) is 7. The number of hydrogen-bond donors (Lipinski definition) is 3. The van der Waals surface area contributed by atoms with Gasteiger partial charge in [0.05, 0.1) is 18.9 Å². The van der Waals surface area contributed by atoms with Crippen molar-refractivity contribution in [1.82, 2.24) is 4.98 Å². The highest BCUT2D eigenvalue weighted by Gasteiger charge is 2.22. The molecule has 1 saturated heterocycles. The van der Waals surface area contributed by atoms with Crippen LogP contribution in [0.4, 0.5) is 11.4 Å². The second kappa shape index (κ2) is 9.46. The Labute approximate surface area is 202 Å². The SMILES string of the molecule is CC(Nc1ccc2c(c1)Sc1cccc(-c3cc(N4CCOCC4)cc(=O)[nH]3)c1S2)[C@H](C)N. The average molecular weight is 481 g/mol. The molecule has 0 radical (unpaired) electrons. The zero-order valence-corrected chi connectivity index (χ0v) is 20.4. The van der Waals surface area contributed by atoms with Crippen LogP contribution in [-0.2, 0) is 4.74 Å². The molecule has 1 fully saturated rings. The Bertz CT molecular complexity index is 1220. The molecule has 2 aliphatic heterocycles. The van der Waals surface area contributed by atoms with Crippen LogP contribution in [0.1, 0.15) is 13.8 Å². The normalized spacial score (nSPS) is 17.1. The van der Waals surface area contributed by atoms with Crippen LogP contribution in [0.15, 0.2) is 72.9 Å². The molecule has 6 nitrogen and oxygen atoms in total. The maximum Gasteiger partial charge on any atom is 0.250 e. The summed E-state index contributed by atoms with van der Waals surface area (Å²) >= 11 is 3.52. The zero-order valence-electron chi connectivity index (χ0n) is 18.8. The molecule has 3 heterocycles. The highest BCUT2D eigenvalue weighted by atomic mass is 32.2. The van der Waals surface area contributed by atoms with Gasteiger partial charge in [0, 0.05) is 67.8 Å². The van der Waals surface area contributed by atoms with Gasteiger partial charge in [-0.2, -0.15) is 0 Å². The topological polar surface area (TPSA) is 83.4 Å². The average Bonchev–Trinajstić information content (AvgIpc) is 2.82. The maximum atomic E-state index is 12.5. The molecule has 0 saturated carbocycles. The van der Waals surface area contributed by atoms with Crippen LogP contribution in [0.2, 0.25) is 0 Å². The van der Waals surface area contributed by atoms with Gasteiger partial charge in [-0.1, -0.05) is 35.7 Å². The number of H-pyrrole nitrogens is 1. The fraction of sp³-hybridized carbons (Fsp3) is 0.320. The number of nitrogens with two attached hydrogens (primary N) is 1. The molecular formula is C25H28N4O2S2. The summed E-state index contributed by atoms with van der Waals surface area (Å²) in [6, 6.07) is 16.8. The van der Waals surface area contributed by atoms with E-state index in [1.54, 1.807) is 29.6 Å². The number of anilines is 2. The van der Waals surface area contributed by atoms with Crippen molar-refractivity contribution in [2.45, 2.75) is 45.5 Å². The van der Waals surface area contributed by atoms with E-state index in [1.807, 2.05) is 6.92 Å². The Morgan fingerprint density at radius 3 is 2.64 bits per heavy atom. The van der Waals surface area contributed by atoms with Crippen LogP contribution >= 0.6 is 23.5 Å². The number of nitrogens with one attached hydrogen (secondary N) is 2. The Balaban J connectivity index is 1.47. The Hall–Kier alpha value is -2.39. The minimum absolute atomic E-state index is 0.0710. The predicted octanol–water partition coefficient (Wildman–Crippen LogP) is 4.64. The van der Waals surface area contributed by atoms with E-state index in [4.69, 9.17) is 10.5 Å². The highest BCUT2D eigenvalue weighted by Crippen LogP contribution is 2.52. The van der Waals surface area contributed by atoms with Gasteiger partial charge in [-0.3, -0.25) is 4.79 Å². The summed E-state index contributed by atoms with van der Waals surface area (Å²) in [7, 11) is 0. The van der Waals surface area contributed by atoms with E-state index in [9.17, 15) is 4.79 Å². The van der Waals surface area contributed by atoms with Crippen LogP contribution in [0.25, 0.3) is 11.3 Å². The number of pyridine rings is 1. The Morgan fingerprint density at radius 1 is 1.03 bits per heavy atom. The summed E-state index contributed by atoms with van der Waals surface area (Å²) in [6.45, 7) is 7.07. The van der Waals surface area contributed by atoms with Crippen molar-refractivity contribution < 1.29 is 4.74 Å². The molecule has 1 unspecified atom stereocenters. The summed E-state index contributed by atoms with van der Waals surface area (Å²) in [5, 5.41) is 3.50. The van der Waals surface area contributed by atoms with E-state index in [1.165, 1.54) is 19.6 Å². The van der Waals surface area contributed by atoms with Crippen molar-refractivity contribution in [1.29, 1.82) is 0 Å². The van der Waals surface area contributed by atoms with Crippen LogP contribution < -0.4 is 21.5 Å². The van der Waals surface area contributed by atoms with Crippen molar-refractivity contribution >= 4 is 34.9 Å². The molecule has 2 aromatic carbocycles. The van der Waals surface area contributed by atoms with E-state index in [-0.39, 0.29) is 17.6 Å². The standard InChI is InChI=1S/C25H28N4O2S2/c1-15(26)16(2)27-17-6-7-21-23(12-17)32-22-5-3-4-19(25(22)33-21)20-13-18(14-24(30)28-20)29-8-10-31-11-9-29/h3-7,12-16,27H,8-11,26H2,1-2H3,(H,28,30)/t15-,16?/m0/s1. The molecule has 0 aliphatic carbocycles. The monoisotopic (exact) mass is 480 g/mol. The summed E-state index contributed by atoms with van der Waals surface area (Å²) in [4.78, 5) is 22.6. The quantitative estimate of drug-likeness (QED) is 0.384. The lowest BCUT2D eigenvalue weighted by atomic mass is 10.1. The summed E-state index contributed by atoms with van der Waals surface area (Å²) in [6.07, 6.45) is 0. The summed E-state index contributed by atoms with van der Waals surface area (Å²) < 4.78 is 5.47. The number of benzene rings is 2. The molecule has 2 atom stereocenters. The first kappa shape index (κ1) is 22.4. The molecule has 0 amide bonds. The van der Waals surface area contributed by atoms with Crippen LogP contribution in [0, 0.1) is 0 Å². The molecule has 4 N–H and O–H groups in total. The van der Waals surface area contributed by atoms with Crippen molar-refractivity contribution in [2.24, 2.45) is 5.73 Å². The molecule has 2 aliphatic rings. The fourth-order valence-electron chi connectivity index (χ4n) is 3.98. The number of morpholine rings is 1. The number of aromatic nitrogens is 1. The molecule has 5 rings (SSSR count). The molecule has 33 heavy (non-hydrogen) atoms. The third kappa shape index (κ3) is 4.80. The van der Waals surface area contributed by atoms with Crippen molar-refractivity contribution in [2.75, 3.05) is 36.5 Å². The smallest absolute Gasteiger partial charge is 0.250 e. The molecule has 172 valence electrons. The van der Waals surface area contributed by atoms with Crippen molar-refractivity contribution in [3.8, 4) is 11.3 Å². The predicted molar refractivity (Wildman–Crippen MR) is 137 cm³/mol. The first-order valence-corrected chi connectivity index (χ1v) is 12.8. The van der Waals surface area contributed by atoms with E-state index in [2.05, 4.69) is 64.6 Å². The fourth-order valence-corrected chi connectivity index (χ4v) is 6.39. The molecule has 0 bridgehead atoms. The lowest BCUT2D eigenvalue weighted by molar-refractivity contribution is 0.122. The Kier molecular flexibility index (Phi) is 6.42. The Morgan fingerprint density at radius 2 is 1.85 bits per heavy atom. The summed E-state index contributed by atoms with van der Waals surface area (Å²) in [5.74, 6) is 0. The van der Waals surface area contributed by atoms with Gasteiger partial charge in [-0.05, 0) is 44.2 Å². The van der Waals surface area contributed by atoms with Gasteiger partial charge >= 0.3 is 0 Å². The van der Waals surface area contributed by atoms with Gasteiger partial charge in [-0.15, -0.1) is 0 Å². The van der Waals surface area contributed by atoms with Crippen molar-refractivity contribution in [3.63, 3.8) is 0 Å². The largest absolute Gasteiger partial charge is 0.381 e. The number of aromatic amines is 1. The molecular weight excluding hydrogens is 452 g/mol. The third-order valence-electron chi connectivity index (χ3n) is 6.03. The molecule has 1 aromatic heterocycles. The van der Waals surface area contributed by atoms with E-state index in [0.29, 0.717) is 13.2 Å². The minimum Gasteiger partial charge on any atom is -0.381 e. The number of ether oxygens (including phenoxy) is 1. The maximum absolute atomic E-state index is 12.5. The number of nitrogens with zero attached hydrogens (tertiary/aromatic N) is 1. The summed E-state index contributed by atoms with van der Waals surface area (Å²) in [5.41, 5.74) is 9.86. The first-order valence-electron chi connectivity index (χ1n) is 11.2. The minimum atomic E-state index is -0.0839. The lowest BCUT2D eigenvalue weighted by Crippen LogP contribution is -2.36. The van der Waals surface area contributed by atoms with Gasteiger partial charge in [0.1, 0.15) is 0 Å². The van der Waals surface area contributed by atoms with E-state index < -0.39 is 0 Å². The number of rotatable bonds is 5. The second-order valence-electron chi connectivity index (χ2n) is 8.51. The first-order chi connectivity index (χ1) is 16.0. The third-order valence-corrected chi connectivity index (χ3v) is 8.63. The zero-order chi connectivity index (χ0) is 22.9. The van der Waals surface area contributed by atoms with Gasteiger partial charge in [0.15, 0.2) is 0 Å². The van der Waals surface area contributed by atoms with Gasteiger partial charge in [0.25, 0.3) is 0 Å².